The van der Waals surface area contributed by atoms with Gasteiger partial charge in [0.15, 0.2) is 15.8 Å². The largest absolute Gasteiger partial charge is 0.370 e. The maximum atomic E-state index is 12.3. The van der Waals surface area contributed by atoms with E-state index >= 15 is 0 Å². The first-order chi connectivity index (χ1) is 12.1. The number of nitrogens with two attached hydrogens (primary N) is 2. The molecule has 9 heteroatoms. The van der Waals surface area contributed by atoms with Crippen molar-refractivity contribution in [3.63, 3.8) is 0 Å². The molecule has 138 valence electrons. The van der Waals surface area contributed by atoms with E-state index in [0.717, 1.165) is 6.26 Å². The van der Waals surface area contributed by atoms with Crippen molar-refractivity contribution in [2.75, 3.05) is 11.6 Å². The molecule has 0 radical (unpaired) electrons. The molecule has 0 aliphatic rings. The first kappa shape index (κ1) is 19.7. The minimum atomic E-state index is -3.64. The number of halogens is 1. The van der Waals surface area contributed by atoms with Crippen LogP contribution in [0.25, 0.3) is 0 Å². The van der Waals surface area contributed by atoms with Crippen LogP contribution in [0.1, 0.15) is 22.8 Å². The van der Waals surface area contributed by atoms with Crippen molar-refractivity contribution in [2.45, 2.75) is 18.2 Å². The third kappa shape index (κ3) is 4.53. The number of para-hydroxylation sites is 1. The number of nitrogens with one attached hydrogen (secondary N) is 1. The number of rotatable bonds is 5. The summed E-state index contributed by atoms with van der Waals surface area (Å²) < 4.78 is 24.5. The summed E-state index contributed by atoms with van der Waals surface area (Å²) in [7, 11) is -3.64. The Bertz CT molecular complexity index is 983. The fraction of sp³-hybridized carbons (Fsp3) is 0.176. The van der Waals surface area contributed by atoms with E-state index in [1.807, 2.05) is 6.92 Å². The van der Waals surface area contributed by atoms with E-state index in [1.54, 1.807) is 30.3 Å². The summed E-state index contributed by atoms with van der Waals surface area (Å²) in [5.74, 6) is -1.09. The lowest BCUT2D eigenvalue weighted by atomic mass is 10.0. The lowest BCUT2D eigenvalue weighted by molar-refractivity contribution is 0.100. The molecule has 0 unspecified atom stereocenters. The van der Waals surface area contributed by atoms with Crippen LogP contribution in [-0.2, 0) is 16.3 Å². The van der Waals surface area contributed by atoms with Gasteiger partial charge in [-0.1, -0.05) is 30.7 Å². The minimum absolute atomic E-state index is 0.0521. The Morgan fingerprint density at radius 3 is 2.38 bits per heavy atom. The number of carbonyl (C=O) groups excluding carboxylic acids is 1. The first-order valence-corrected chi connectivity index (χ1v) is 9.93. The standard InChI is InChI=1S/C17H19ClN4O3S/c1-3-10-8-14(21-13-7-5-4-6-12(13)18)15(26(2,24)25)9-11(10)16(23)22-17(19)20/h4-9,21H,3H2,1-2H3,(H4,19,20,22,23). The van der Waals surface area contributed by atoms with Gasteiger partial charge in [0, 0.05) is 11.8 Å². The molecule has 0 aliphatic carbocycles. The van der Waals surface area contributed by atoms with Gasteiger partial charge in [-0.2, -0.15) is 4.99 Å². The molecule has 0 saturated carbocycles. The first-order valence-electron chi connectivity index (χ1n) is 7.66. The van der Waals surface area contributed by atoms with E-state index in [4.69, 9.17) is 23.1 Å². The average Bonchev–Trinajstić information content (AvgIpc) is 2.54. The molecule has 5 N–H and O–H groups in total. The summed E-state index contributed by atoms with van der Waals surface area (Å²) in [5, 5.41) is 3.46. The zero-order valence-electron chi connectivity index (χ0n) is 14.3. The molecule has 26 heavy (non-hydrogen) atoms. The van der Waals surface area contributed by atoms with Gasteiger partial charge in [0.25, 0.3) is 5.91 Å². The SMILES string of the molecule is CCc1cc(Nc2ccccc2Cl)c(S(C)(=O)=O)cc1C(=O)N=C(N)N. The van der Waals surface area contributed by atoms with E-state index < -0.39 is 21.7 Å². The number of aryl methyl sites for hydroxylation is 1. The van der Waals surface area contributed by atoms with Crippen LogP contribution in [-0.4, -0.2) is 26.5 Å². The second-order valence-corrected chi connectivity index (χ2v) is 7.97. The number of anilines is 2. The Morgan fingerprint density at radius 1 is 1.19 bits per heavy atom. The molecule has 0 heterocycles. The molecule has 1 amide bonds. The predicted molar refractivity (Wildman–Crippen MR) is 104 cm³/mol. The Kier molecular flexibility index (Phi) is 5.89. The van der Waals surface area contributed by atoms with E-state index in [-0.39, 0.29) is 10.5 Å². The van der Waals surface area contributed by atoms with Gasteiger partial charge in [0.05, 0.1) is 21.3 Å². The number of nitrogens with zero attached hydrogens (tertiary/aromatic N) is 1. The fourth-order valence-electron chi connectivity index (χ4n) is 2.41. The van der Waals surface area contributed by atoms with Crippen molar-refractivity contribution < 1.29 is 13.2 Å². The van der Waals surface area contributed by atoms with Crippen molar-refractivity contribution in [1.82, 2.24) is 0 Å². The zero-order chi connectivity index (χ0) is 19.5. The van der Waals surface area contributed by atoms with E-state index in [2.05, 4.69) is 10.3 Å². The molecule has 0 bridgehead atoms. The Labute approximate surface area is 157 Å². The maximum absolute atomic E-state index is 12.3. The van der Waals surface area contributed by atoms with Gasteiger partial charge < -0.3 is 16.8 Å². The van der Waals surface area contributed by atoms with Crippen LogP contribution >= 0.6 is 11.6 Å². The monoisotopic (exact) mass is 394 g/mol. The smallest absolute Gasteiger partial charge is 0.280 e. The summed E-state index contributed by atoms with van der Waals surface area (Å²) >= 11 is 6.14. The Hall–Kier alpha value is -2.58. The number of carbonyl (C=O) groups is 1. The lowest BCUT2D eigenvalue weighted by Crippen LogP contribution is -2.24. The molecule has 0 spiro atoms. The molecule has 2 aromatic rings. The van der Waals surface area contributed by atoms with Gasteiger partial charge in [-0.25, -0.2) is 8.42 Å². The summed E-state index contributed by atoms with van der Waals surface area (Å²) in [4.78, 5) is 15.7. The predicted octanol–water partition coefficient (Wildman–Crippen LogP) is 2.46. The second-order valence-electron chi connectivity index (χ2n) is 5.58. The van der Waals surface area contributed by atoms with Gasteiger partial charge >= 0.3 is 0 Å². The average molecular weight is 395 g/mol. The molecule has 0 fully saturated rings. The summed E-state index contributed by atoms with van der Waals surface area (Å²) in [6, 6.07) is 9.81. The van der Waals surface area contributed by atoms with Gasteiger partial charge in [0.2, 0.25) is 0 Å². The highest BCUT2D eigenvalue weighted by molar-refractivity contribution is 7.90. The fourth-order valence-corrected chi connectivity index (χ4v) is 3.43. The number of benzene rings is 2. The van der Waals surface area contributed by atoms with E-state index in [1.165, 1.54) is 6.07 Å². The van der Waals surface area contributed by atoms with E-state index in [0.29, 0.717) is 28.4 Å². The minimum Gasteiger partial charge on any atom is -0.370 e. The molecule has 0 aromatic heterocycles. The Balaban J connectivity index is 2.67. The number of sulfone groups is 1. The van der Waals surface area contributed by atoms with Gasteiger partial charge in [-0.05, 0) is 36.2 Å². The van der Waals surface area contributed by atoms with Crippen LogP contribution in [0.2, 0.25) is 5.02 Å². The van der Waals surface area contributed by atoms with Crippen LogP contribution in [0.3, 0.4) is 0 Å². The van der Waals surface area contributed by atoms with Gasteiger partial charge in [0.1, 0.15) is 0 Å². The van der Waals surface area contributed by atoms with Crippen LogP contribution < -0.4 is 16.8 Å². The number of amides is 1. The number of hydrogen-bond donors (Lipinski definition) is 3. The summed E-state index contributed by atoms with van der Waals surface area (Å²) in [6.45, 7) is 1.83. The highest BCUT2D eigenvalue weighted by atomic mass is 35.5. The number of aliphatic imine (C=N–C) groups is 1. The normalized spacial score (nSPS) is 11.0. The molecule has 0 aliphatic heterocycles. The molecular weight excluding hydrogens is 376 g/mol. The summed E-state index contributed by atoms with van der Waals surface area (Å²) in [5.41, 5.74) is 12.1. The Morgan fingerprint density at radius 2 is 1.85 bits per heavy atom. The van der Waals surface area contributed by atoms with Crippen molar-refractivity contribution in [3.8, 4) is 0 Å². The number of hydrogen-bond acceptors (Lipinski definition) is 4. The van der Waals surface area contributed by atoms with E-state index in [9.17, 15) is 13.2 Å². The van der Waals surface area contributed by atoms with Crippen LogP contribution in [0, 0.1) is 0 Å². The highest BCUT2D eigenvalue weighted by Crippen LogP contribution is 2.32. The molecule has 2 aromatic carbocycles. The van der Waals surface area contributed by atoms with Crippen molar-refractivity contribution >= 4 is 44.7 Å². The molecule has 7 nitrogen and oxygen atoms in total. The van der Waals surface area contributed by atoms with Crippen molar-refractivity contribution in [3.05, 3.63) is 52.5 Å². The van der Waals surface area contributed by atoms with Crippen molar-refractivity contribution in [1.29, 1.82) is 0 Å². The topological polar surface area (TPSA) is 128 Å². The highest BCUT2D eigenvalue weighted by Gasteiger charge is 2.21. The van der Waals surface area contributed by atoms with Crippen LogP contribution in [0.5, 0.6) is 0 Å². The third-order valence-electron chi connectivity index (χ3n) is 3.59. The zero-order valence-corrected chi connectivity index (χ0v) is 15.9. The van der Waals surface area contributed by atoms with Gasteiger partial charge in [-0.3, -0.25) is 4.79 Å². The molecule has 2 rings (SSSR count). The van der Waals surface area contributed by atoms with Crippen LogP contribution in [0.4, 0.5) is 11.4 Å². The quantitative estimate of drug-likeness (QED) is 0.528. The van der Waals surface area contributed by atoms with Crippen LogP contribution in [0.15, 0.2) is 46.3 Å². The second kappa shape index (κ2) is 7.76. The maximum Gasteiger partial charge on any atom is 0.280 e. The molecule has 0 saturated heterocycles. The molecular formula is C17H19ClN4O3S. The third-order valence-corrected chi connectivity index (χ3v) is 5.06. The summed E-state index contributed by atoms with van der Waals surface area (Å²) in [6.07, 6.45) is 1.53. The van der Waals surface area contributed by atoms with Gasteiger partial charge in [-0.15, -0.1) is 0 Å². The number of guanidine groups is 1. The lowest BCUT2D eigenvalue weighted by Gasteiger charge is -2.16. The molecule has 0 atom stereocenters. The van der Waals surface area contributed by atoms with Crippen molar-refractivity contribution in [2.24, 2.45) is 16.5 Å².